The third-order valence-corrected chi connectivity index (χ3v) is 1.44. The molecule has 0 aliphatic rings. The number of hydrogen-bond acceptors (Lipinski definition) is 3. The average Bonchev–Trinajstić information content (AvgIpc) is 1.81. The van der Waals surface area contributed by atoms with Gasteiger partial charge in [-0.1, -0.05) is 6.58 Å². The van der Waals surface area contributed by atoms with Crippen molar-refractivity contribution >= 4 is 5.97 Å². The van der Waals surface area contributed by atoms with Crippen molar-refractivity contribution in [2.24, 2.45) is 0 Å². The molecule has 0 aliphatic carbocycles. The Morgan fingerprint density at radius 3 is 2.38 bits per heavy atom. The number of carbonyl (C=O) groups excluding carboxylic acids is 1. The van der Waals surface area contributed by atoms with Gasteiger partial charge in [-0.25, -0.2) is 4.79 Å². The summed E-state index contributed by atoms with van der Waals surface area (Å²) in [4.78, 5) is 11.0. The molecule has 0 saturated carbocycles. The third kappa shape index (κ3) is 6.34. The van der Waals surface area contributed by atoms with Crippen molar-refractivity contribution in [3.05, 3.63) is 12.2 Å². The summed E-state index contributed by atoms with van der Waals surface area (Å²) in [7, 11) is 0. The SMILES string of the molecule is C=C(C)C(=O)OC(C)CC(C)(C)O. The molecule has 0 aromatic rings. The highest BCUT2D eigenvalue weighted by Crippen LogP contribution is 2.13. The topological polar surface area (TPSA) is 46.5 Å². The van der Waals surface area contributed by atoms with E-state index >= 15 is 0 Å². The van der Waals surface area contributed by atoms with E-state index in [0.717, 1.165) is 0 Å². The molecule has 1 unspecified atom stereocenters. The van der Waals surface area contributed by atoms with E-state index in [4.69, 9.17) is 4.74 Å². The van der Waals surface area contributed by atoms with E-state index in [-0.39, 0.29) is 6.10 Å². The minimum atomic E-state index is -0.811. The predicted molar refractivity (Wildman–Crippen MR) is 51.3 cm³/mol. The lowest BCUT2D eigenvalue weighted by Crippen LogP contribution is -2.27. The zero-order valence-electron chi connectivity index (χ0n) is 8.76. The first-order valence-electron chi connectivity index (χ1n) is 4.31. The molecule has 0 aromatic heterocycles. The van der Waals surface area contributed by atoms with E-state index in [0.29, 0.717) is 12.0 Å². The summed E-state index contributed by atoms with van der Waals surface area (Å²) in [6, 6.07) is 0. The van der Waals surface area contributed by atoms with E-state index in [1.54, 1.807) is 27.7 Å². The van der Waals surface area contributed by atoms with Crippen LogP contribution in [0, 0.1) is 0 Å². The van der Waals surface area contributed by atoms with Gasteiger partial charge in [0.1, 0.15) is 6.10 Å². The molecule has 0 rings (SSSR count). The van der Waals surface area contributed by atoms with Crippen molar-refractivity contribution in [1.82, 2.24) is 0 Å². The van der Waals surface area contributed by atoms with E-state index in [9.17, 15) is 9.90 Å². The molecule has 0 aliphatic heterocycles. The molecule has 3 nitrogen and oxygen atoms in total. The van der Waals surface area contributed by atoms with Crippen molar-refractivity contribution in [3.8, 4) is 0 Å². The lowest BCUT2D eigenvalue weighted by atomic mass is 10.0. The van der Waals surface area contributed by atoms with Gasteiger partial charge in [0.15, 0.2) is 0 Å². The van der Waals surface area contributed by atoms with Crippen LogP contribution in [0.15, 0.2) is 12.2 Å². The van der Waals surface area contributed by atoms with Crippen LogP contribution in [0.25, 0.3) is 0 Å². The fourth-order valence-corrected chi connectivity index (χ4v) is 1.03. The van der Waals surface area contributed by atoms with Gasteiger partial charge < -0.3 is 9.84 Å². The number of esters is 1. The smallest absolute Gasteiger partial charge is 0.333 e. The van der Waals surface area contributed by atoms with Gasteiger partial charge in [-0.15, -0.1) is 0 Å². The second kappa shape index (κ2) is 4.42. The van der Waals surface area contributed by atoms with Gasteiger partial charge in [0.2, 0.25) is 0 Å². The first-order valence-corrected chi connectivity index (χ1v) is 4.31. The Balaban J connectivity index is 3.95. The first kappa shape index (κ1) is 12.2. The molecule has 0 spiro atoms. The van der Waals surface area contributed by atoms with Gasteiger partial charge in [0.25, 0.3) is 0 Å². The minimum Gasteiger partial charge on any atom is -0.459 e. The van der Waals surface area contributed by atoms with Crippen molar-refractivity contribution in [2.45, 2.75) is 45.8 Å². The summed E-state index contributed by atoms with van der Waals surface area (Å²) in [5, 5.41) is 9.43. The Hall–Kier alpha value is -0.830. The highest BCUT2D eigenvalue weighted by molar-refractivity contribution is 5.87. The fourth-order valence-electron chi connectivity index (χ4n) is 1.03. The quantitative estimate of drug-likeness (QED) is 0.536. The van der Waals surface area contributed by atoms with Crippen LogP contribution in [0.5, 0.6) is 0 Å². The van der Waals surface area contributed by atoms with E-state index in [1.165, 1.54) is 0 Å². The first-order chi connectivity index (χ1) is 5.72. The normalized spacial score (nSPS) is 13.6. The predicted octanol–water partition coefficient (Wildman–Crippen LogP) is 1.66. The van der Waals surface area contributed by atoms with Gasteiger partial charge >= 0.3 is 5.97 Å². The maximum atomic E-state index is 11.0. The van der Waals surface area contributed by atoms with Crippen LogP contribution in [0.3, 0.4) is 0 Å². The summed E-state index contributed by atoms with van der Waals surface area (Å²) < 4.78 is 4.99. The standard InChI is InChI=1S/C10H18O3/c1-7(2)9(11)13-8(3)6-10(4,5)12/h8,12H,1,6H2,2-5H3. The number of carbonyl (C=O) groups is 1. The molecule has 0 heterocycles. The molecule has 1 N–H and O–H groups in total. The Morgan fingerprint density at radius 1 is 1.62 bits per heavy atom. The molecule has 0 amide bonds. The zero-order chi connectivity index (χ0) is 10.6. The highest BCUT2D eigenvalue weighted by Gasteiger charge is 2.19. The molecule has 13 heavy (non-hydrogen) atoms. The fraction of sp³-hybridized carbons (Fsp3) is 0.700. The van der Waals surface area contributed by atoms with Gasteiger partial charge in [-0.05, 0) is 27.7 Å². The molecular weight excluding hydrogens is 168 g/mol. The lowest BCUT2D eigenvalue weighted by Gasteiger charge is -2.22. The molecule has 3 heteroatoms. The number of ether oxygens (including phenoxy) is 1. The molecule has 0 radical (unpaired) electrons. The van der Waals surface area contributed by atoms with Gasteiger partial charge in [-0.2, -0.15) is 0 Å². The second-order valence-corrected chi connectivity index (χ2v) is 4.01. The Morgan fingerprint density at radius 2 is 2.08 bits per heavy atom. The zero-order valence-corrected chi connectivity index (χ0v) is 8.76. The van der Waals surface area contributed by atoms with Crippen molar-refractivity contribution in [2.75, 3.05) is 0 Å². The van der Waals surface area contributed by atoms with Crippen molar-refractivity contribution < 1.29 is 14.6 Å². The van der Waals surface area contributed by atoms with Crippen LogP contribution in [0.4, 0.5) is 0 Å². The van der Waals surface area contributed by atoms with E-state index < -0.39 is 11.6 Å². The summed E-state index contributed by atoms with van der Waals surface area (Å²) in [5.74, 6) is -0.406. The van der Waals surface area contributed by atoms with E-state index in [1.807, 2.05) is 0 Å². The van der Waals surface area contributed by atoms with Crippen LogP contribution in [-0.4, -0.2) is 22.8 Å². The van der Waals surface area contributed by atoms with Crippen LogP contribution in [0.1, 0.15) is 34.1 Å². The maximum Gasteiger partial charge on any atom is 0.333 e. The molecule has 0 saturated heterocycles. The van der Waals surface area contributed by atoms with Gasteiger partial charge in [0, 0.05) is 12.0 Å². The molecule has 1 atom stereocenters. The molecule has 0 bridgehead atoms. The van der Waals surface area contributed by atoms with Gasteiger partial charge in [-0.3, -0.25) is 0 Å². The van der Waals surface area contributed by atoms with Gasteiger partial charge in [0.05, 0.1) is 5.60 Å². The maximum absolute atomic E-state index is 11.0. The third-order valence-electron chi connectivity index (χ3n) is 1.44. The van der Waals surface area contributed by atoms with Crippen LogP contribution in [-0.2, 0) is 9.53 Å². The number of rotatable bonds is 4. The largest absolute Gasteiger partial charge is 0.459 e. The summed E-state index contributed by atoms with van der Waals surface area (Å²) in [5.41, 5.74) is -0.433. The lowest BCUT2D eigenvalue weighted by molar-refractivity contribution is -0.145. The van der Waals surface area contributed by atoms with Crippen LogP contribution < -0.4 is 0 Å². The number of hydrogen-bond donors (Lipinski definition) is 1. The Labute approximate surface area is 79.4 Å². The van der Waals surface area contributed by atoms with Crippen LogP contribution in [0.2, 0.25) is 0 Å². The Kier molecular flexibility index (Phi) is 4.14. The monoisotopic (exact) mass is 186 g/mol. The summed E-state index contributed by atoms with van der Waals surface area (Å²) in [6.45, 7) is 10.2. The highest BCUT2D eigenvalue weighted by atomic mass is 16.5. The summed E-state index contributed by atoms with van der Waals surface area (Å²) in [6.07, 6.45) is 0.135. The molecule has 0 fully saturated rings. The Bertz CT molecular complexity index is 201. The number of aliphatic hydroxyl groups is 1. The molecule has 76 valence electrons. The van der Waals surface area contributed by atoms with Crippen LogP contribution >= 0.6 is 0 Å². The van der Waals surface area contributed by atoms with E-state index in [2.05, 4.69) is 6.58 Å². The average molecular weight is 186 g/mol. The summed E-state index contributed by atoms with van der Waals surface area (Å²) >= 11 is 0. The molecule has 0 aromatic carbocycles. The molecular formula is C10H18O3. The van der Waals surface area contributed by atoms with Crippen molar-refractivity contribution in [3.63, 3.8) is 0 Å². The minimum absolute atomic E-state index is 0.288. The second-order valence-electron chi connectivity index (χ2n) is 4.01. The van der Waals surface area contributed by atoms with Crippen molar-refractivity contribution in [1.29, 1.82) is 0 Å².